The number of alkyl halides is 6. The van der Waals surface area contributed by atoms with Crippen molar-refractivity contribution in [1.29, 1.82) is 0 Å². The molecule has 1 nitrogen and oxygen atoms in total. The first-order chi connectivity index (χ1) is 11.6. The number of halogens is 6. The number of hydrogen-bond donors (Lipinski definition) is 1. The summed E-state index contributed by atoms with van der Waals surface area (Å²) in [5.74, 6) is -0.235. The second-order valence-electron chi connectivity index (χ2n) is 6.21. The monoisotopic (exact) mass is 360 g/mol. The fraction of sp³-hybridized carbons (Fsp3) is 0.333. The Bertz CT molecular complexity index is 686. The zero-order valence-electron chi connectivity index (χ0n) is 12.8. The van der Waals surface area contributed by atoms with Crippen molar-refractivity contribution >= 4 is 0 Å². The van der Waals surface area contributed by atoms with E-state index in [9.17, 15) is 31.4 Å². The molecule has 1 aliphatic rings. The van der Waals surface area contributed by atoms with Crippen molar-refractivity contribution in [1.82, 2.24) is 0 Å². The molecule has 7 heteroatoms. The van der Waals surface area contributed by atoms with Crippen LogP contribution in [0.5, 0.6) is 0 Å². The third-order valence-electron chi connectivity index (χ3n) is 4.78. The number of aliphatic hydroxyl groups is 1. The standard InChI is InChI=1S/C18H14F6O/c19-17(20,21)13-5-1-11(2-6-13)16(9-15(16)10-25)12-3-7-14(8-4-12)18(22,23)24/h1-8,15,25H,9-10H2/t15-/m0/s1. The van der Waals surface area contributed by atoms with E-state index in [0.29, 0.717) is 17.5 Å². The molecule has 25 heavy (non-hydrogen) atoms. The topological polar surface area (TPSA) is 20.2 Å². The highest BCUT2D eigenvalue weighted by molar-refractivity contribution is 5.48. The first kappa shape index (κ1) is 17.8. The van der Waals surface area contributed by atoms with Gasteiger partial charge in [-0.3, -0.25) is 0 Å². The highest BCUT2D eigenvalue weighted by atomic mass is 19.4. The average Bonchev–Trinajstić information content (AvgIpc) is 3.29. The van der Waals surface area contributed by atoms with Crippen molar-refractivity contribution in [3.63, 3.8) is 0 Å². The van der Waals surface area contributed by atoms with Crippen molar-refractivity contribution in [3.8, 4) is 0 Å². The van der Waals surface area contributed by atoms with E-state index < -0.39 is 28.9 Å². The van der Waals surface area contributed by atoms with Gasteiger partial charge < -0.3 is 5.11 Å². The van der Waals surface area contributed by atoms with E-state index in [1.807, 2.05) is 0 Å². The lowest BCUT2D eigenvalue weighted by atomic mass is 9.85. The van der Waals surface area contributed by atoms with Crippen LogP contribution in [0.2, 0.25) is 0 Å². The Labute approximate surface area is 139 Å². The zero-order valence-corrected chi connectivity index (χ0v) is 12.8. The highest BCUT2D eigenvalue weighted by Crippen LogP contribution is 2.58. The van der Waals surface area contributed by atoms with Crippen LogP contribution in [0.1, 0.15) is 28.7 Å². The van der Waals surface area contributed by atoms with Gasteiger partial charge in [0.05, 0.1) is 11.1 Å². The van der Waals surface area contributed by atoms with Gasteiger partial charge in [-0.15, -0.1) is 0 Å². The average molecular weight is 360 g/mol. The molecule has 1 N–H and O–H groups in total. The molecule has 0 bridgehead atoms. The molecule has 2 aromatic rings. The Morgan fingerprint density at radius 1 is 0.760 bits per heavy atom. The predicted octanol–water partition coefficient (Wildman–Crippen LogP) is 5.02. The molecular weight excluding hydrogens is 346 g/mol. The van der Waals surface area contributed by atoms with Crippen LogP contribution in [0.15, 0.2) is 48.5 Å². The molecule has 1 atom stereocenters. The maximum Gasteiger partial charge on any atom is 0.416 e. The summed E-state index contributed by atoms with van der Waals surface area (Å²) < 4.78 is 76.2. The summed E-state index contributed by atoms with van der Waals surface area (Å²) in [6.45, 7) is -0.192. The SMILES string of the molecule is OC[C@@H]1CC1(c1ccc(C(F)(F)F)cc1)c1ccc(C(F)(F)F)cc1. The van der Waals surface area contributed by atoms with Crippen molar-refractivity contribution in [2.45, 2.75) is 24.2 Å². The molecule has 1 aliphatic carbocycles. The van der Waals surface area contributed by atoms with E-state index in [4.69, 9.17) is 0 Å². The van der Waals surface area contributed by atoms with Gasteiger partial charge in [-0.05, 0) is 47.7 Å². The Morgan fingerprint density at radius 2 is 1.12 bits per heavy atom. The smallest absolute Gasteiger partial charge is 0.396 e. The summed E-state index contributed by atoms with van der Waals surface area (Å²) >= 11 is 0. The van der Waals surface area contributed by atoms with Crippen LogP contribution in [-0.2, 0) is 17.8 Å². The normalized spacial score (nSPS) is 19.7. The summed E-state index contributed by atoms with van der Waals surface area (Å²) in [7, 11) is 0. The quantitative estimate of drug-likeness (QED) is 0.762. The Hall–Kier alpha value is -2.02. The van der Waals surface area contributed by atoms with Crippen molar-refractivity contribution in [3.05, 3.63) is 70.8 Å². The van der Waals surface area contributed by atoms with Crippen molar-refractivity contribution in [2.75, 3.05) is 6.61 Å². The lowest BCUT2D eigenvalue weighted by molar-refractivity contribution is -0.138. The third-order valence-corrected chi connectivity index (χ3v) is 4.78. The Balaban J connectivity index is 1.98. The predicted molar refractivity (Wildman–Crippen MR) is 78.9 cm³/mol. The van der Waals surface area contributed by atoms with Crippen LogP contribution in [0.4, 0.5) is 26.3 Å². The zero-order chi connectivity index (χ0) is 18.5. The number of benzene rings is 2. The molecule has 0 heterocycles. The molecule has 0 aliphatic heterocycles. The van der Waals surface area contributed by atoms with Crippen molar-refractivity contribution < 1.29 is 31.4 Å². The van der Waals surface area contributed by atoms with E-state index in [1.165, 1.54) is 24.3 Å². The largest absolute Gasteiger partial charge is 0.416 e. The molecule has 0 saturated heterocycles. The van der Waals surface area contributed by atoms with Crippen LogP contribution in [0.25, 0.3) is 0 Å². The molecule has 3 rings (SSSR count). The minimum Gasteiger partial charge on any atom is -0.396 e. The second kappa shape index (κ2) is 5.76. The number of rotatable bonds is 3. The van der Waals surface area contributed by atoms with Crippen LogP contribution in [-0.4, -0.2) is 11.7 Å². The van der Waals surface area contributed by atoms with Crippen LogP contribution < -0.4 is 0 Å². The molecule has 134 valence electrons. The maximum atomic E-state index is 12.7. The van der Waals surface area contributed by atoms with Gasteiger partial charge in [0.15, 0.2) is 0 Å². The molecular formula is C18H14F6O. The molecule has 0 radical (unpaired) electrons. The molecule has 2 aromatic carbocycles. The highest BCUT2D eigenvalue weighted by Gasteiger charge is 2.56. The fourth-order valence-corrected chi connectivity index (χ4v) is 3.34. The molecule has 0 aromatic heterocycles. The fourth-order valence-electron chi connectivity index (χ4n) is 3.34. The van der Waals surface area contributed by atoms with Gasteiger partial charge >= 0.3 is 12.4 Å². The van der Waals surface area contributed by atoms with Gasteiger partial charge in [0.2, 0.25) is 0 Å². The summed E-state index contributed by atoms with van der Waals surface area (Å²) in [6.07, 6.45) is -8.44. The Morgan fingerprint density at radius 3 is 1.36 bits per heavy atom. The van der Waals surface area contributed by atoms with Gasteiger partial charge in [0.1, 0.15) is 0 Å². The van der Waals surface area contributed by atoms with E-state index in [0.717, 1.165) is 24.3 Å². The molecule has 0 amide bonds. The van der Waals surface area contributed by atoms with Gasteiger partial charge in [0, 0.05) is 12.0 Å². The van der Waals surface area contributed by atoms with Crippen LogP contribution in [0, 0.1) is 5.92 Å². The van der Waals surface area contributed by atoms with E-state index >= 15 is 0 Å². The third kappa shape index (κ3) is 3.13. The van der Waals surface area contributed by atoms with E-state index in [-0.39, 0.29) is 12.5 Å². The number of aliphatic hydroxyl groups excluding tert-OH is 1. The summed E-state index contributed by atoms with van der Waals surface area (Å²) in [5, 5.41) is 9.47. The van der Waals surface area contributed by atoms with E-state index in [2.05, 4.69) is 0 Å². The second-order valence-corrected chi connectivity index (χ2v) is 6.21. The lowest BCUT2D eigenvalue weighted by Gasteiger charge is -2.20. The first-order valence-corrected chi connectivity index (χ1v) is 7.55. The number of hydrogen-bond acceptors (Lipinski definition) is 1. The van der Waals surface area contributed by atoms with Gasteiger partial charge in [-0.1, -0.05) is 24.3 Å². The Kier molecular flexibility index (Phi) is 4.10. The van der Waals surface area contributed by atoms with Gasteiger partial charge in [-0.2, -0.15) is 26.3 Å². The summed E-state index contributed by atoms with van der Waals surface area (Å²) in [6, 6.07) is 9.13. The van der Waals surface area contributed by atoms with Crippen molar-refractivity contribution in [2.24, 2.45) is 5.92 Å². The first-order valence-electron chi connectivity index (χ1n) is 7.55. The van der Waals surface area contributed by atoms with Crippen LogP contribution >= 0.6 is 0 Å². The molecule has 1 saturated carbocycles. The maximum absolute atomic E-state index is 12.7. The molecule has 0 unspecified atom stereocenters. The molecule has 0 spiro atoms. The summed E-state index contributed by atoms with van der Waals surface area (Å²) in [5.41, 5.74) is -1.22. The summed E-state index contributed by atoms with van der Waals surface area (Å²) in [4.78, 5) is 0. The minimum absolute atomic E-state index is 0.192. The van der Waals surface area contributed by atoms with Gasteiger partial charge in [-0.25, -0.2) is 0 Å². The van der Waals surface area contributed by atoms with Crippen LogP contribution in [0.3, 0.4) is 0 Å². The molecule has 1 fully saturated rings. The lowest BCUT2D eigenvalue weighted by Crippen LogP contribution is -2.15. The minimum atomic E-state index is -4.46. The van der Waals surface area contributed by atoms with Gasteiger partial charge in [0.25, 0.3) is 0 Å². The van der Waals surface area contributed by atoms with E-state index in [1.54, 1.807) is 0 Å².